The van der Waals surface area contributed by atoms with Crippen LogP contribution in [0.4, 0.5) is 23.4 Å². The first kappa shape index (κ1) is 32.1. The first-order chi connectivity index (χ1) is 22.7. The summed E-state index contributed by atoms with van der Waals surface area (Å²) in [5.74, 6) is -9.13. The van der Waals surface area contributed by atoms with Gasteiger partial charge in [-0.05, 0) is 60.2 Å². The molecule has 2 aliphatic heterocycles. The van der Waals surface area contributed by atoms with Gasteiger partial charge in [0.15, 0.2) is 17.4 Å². The minimum atomic E-state index is -4.76. The van der Waals surface area contributed by atoms with Crippen LogP contribution in [0.25, 0.3) is 0 Å². The molecular weight excluding hydrogens is 679 g/mol. The monoisotopic (exact) mass is 702 g/mol. The number of nitrogens with one attached hydrogen (secondary N) is 1. The second-order valence-corrected chi connectivity index (χ2v) is 13.2. The van der Waals surface area contributed by atoms with Crippen molar-refractivity contribution in [3.8, 4) is 5.75 Å². The number of hydrogen-bond acceptors (Lipinski definition) is 7. The number of aromatic hydroxyl groups is 1. The number of imide groups is 2. The van der Waals surface area contributed by atoms with Crippen molar-refractivity contribution < 1.29 is 41.8 Å². The second kappa shape index (κ2) is 11.0. The third kappa shape index (κ3) is 4.54. The third-order valence-corrected chi connectivity index (χ3v) is 10.6. The largest absolute Gasteiger partial charge is 0.505 e. The molecular formula is C33H24Cl2F4N4O5. The number of alkyl halides is 3. The number of anilines is 1. The summed E-state index contributed by atoms with van der Waals surface area (Å²) in [4.78, 5) is 60.8. The molecule has 6 atom stereocenters. The summed E-state index contributed by atoms with van der Waals surface area (Å²) in [5.41, 5.74) is 0.626. The van der Waals surface area contributed by atoms with E-state index < -0.39 is 86.9 Å². The van der Waals surface area contributed by atoms with Gasteiger partial charge in [-0.15, -0.1) is 0 Å². The molecule has 1 aromatic heterocycles. The molecule has 6 unspecified atom stereocenters. The zero-order valence-corrected chi connectivity index (χ0v) is 26.3. The standard InChI is InChI=1S/C33H24Cl2F4N4O5/c1-42-28(45)19-8-7-18-20(25(19)30(42)47)12-21-29(46)43(41-27-22(35)11-16(13-40-27)33(37,38)39)31(48)32(21,15-3-5-17(34)6-4-15)26(18)14-2-9-24(44)23(36)10-14/h2-7,9-11,13,19-21,25-26,44H,8,12H2,1H3,(H,40,41). The molecule has 1 saturated carbocycles. The Hall–Kier alpha value is -4.49. The van der Waals surface area contributed by atoms with Gasteiger partial charge in [0.25, 0.3) is 11.8 Å². The van der Waals surface area contributed by atoms with Gasteiger partial charge in [-0.1, -0.05) is 53.1 Å². The van der Waals surface area contributed by atoms with Crippen molar-refractivity contribution >= 4 is 52.6 Å². The van der Waals surface area contributed by atoms with Crippen molar-refractivity contribution in [1.29, 1.82) is 0 Å². The number of halogens is 6. The smallest absolute Gasteiger partial charge is 0.417 e. The summed E-state index contributed by atoms with van der Waals surface area (Å²) in [6.45, 7) is 0. The van der Waals surface area contributed by atoms with Crippen LogP contribution in [0.2, 0.25) is 10.0 Å². The Bertz CT molecular complexity index is 1950. The summed E-state index contributed by atoms with van der Waals surface area (Å²) in [6, 6.07) is 10.3. The van der Waals surface area contributed by atoms with Crippen molar-refractivity contribution in [1.82, 2.24) is 14.9 Å². The third-order valence-electron chi connectivity index (χ3n) is 10.1. The molecule has 3 aromatic rings. The van der Waals surface area contributed by atoms with E-state index >= 15 is 4.39 Å². The average Bonchev–Trinajstić information content (AvgIpc) is 3.39. The number of phenolic OH excluding ortho intramolecular Hbond substituents is 1. The summed E-state index contributed by atoms with van der Waals surface area (Å²) >= 11 is 12.4. The molecule has 15 heteroatoms. The Morgan fingerprint density at radius 3 is 2.33 bits per heavy atom. The second-order valence-electron chi connectivity index (χ2n) is 12.4. The number of fused-ring (bicyclic) bond motifs is 4. The Labute approximate surface area is 280 Å². The Kier molecular flexibility index (Phi) is 7.37. The number of rotatable bonds is 4. The number of allylic oxidation sites excluding steroid dienone is 2. The number of aromatic nitrogens is 1. The number of benzene rings is 2. The first-order valence-corrected chi connectivity index (χ1v) is 15.6. The number of pyridine rings is 1. The van der Waals surface area contributed by atoms with Gasteiger partial charge in [0.05, 0.1) is 33.8 Å². The van der Waals surface area contributed by atoms with Crippen LogP contribution >= 0.6 is 23.2 Å². The van der Waals surface area contributed by atoms with Crippen molar-refractivity contribution in [2.45, 2.75) is 30.4 Å². The molecule has 0 spiro atoms. The lowest BCUT2D eigenvalue weighted by Crippen LogP contribution is -2.53. The number of hydrogen-bond donors (Lipinski definition) is 2. The number of hydrazine groups is 1. The number of phenols is 1. The Balaban J connectivity index is 1.44. The maximum Gasteiger partial charge on any atom is 0.417 e. The van der Waals surface area contributed by atoms with Gasteiger partial charge in [-0.25, -0.2) is 9.37 Å². The molecule has 4 amide bonds. The lowest BCUT2D eigenvalue weighted by molar-refractivity contribution is -0.140. The predicted molar refractivity (Wildman–Crippen MR) is 163 cm³/mol. The summed E-state index contributed by atoms with van der Waals surface area (Å²) in [7, 11) is 1.38. The van der Waals surface area contributed by atoms with Gasteiger partial charge < -0.3 is 5.11 Å². The fourth-order valence-corrected chi connectivity index (χ4v) is 8.35. The number of amides is 4. The number of carbonyl (C=O) groups excluding carboxylic acids is 4. The van der Waals surface area contributed by atoms with Crippen LogP contribution in [0, 0.1) is 29.5 Å². The van der Waals surface area contributed by atoms with E-state index in [-0.39, 0.29) is 24.3 Å². The molecule has 2 saturated heterocycles. The number of carbonyl (C=O) groups is 4. The minimum absolute atomic E-state index is 0.0729. The molecule has 48 heavy (non-hydrogen) atoms. The molecule has 0 radical (unpaired) electrons. The minimum Gasteiger partial charge on any atom is -0.505 e. The molecule has 4 aliphatic rings. The molecule has 0 bridgehead atoms. The highest BCUT2D eigenvalue weighted by Gasteiger charge is 2.70. The molecule has 3 fully saturated rings. The van der Waals surface area contributed by atoms with Gasteiger partial charge in [-0.3, -0.25) is 29.5 Å². The Morgan fingerprint density at radius 2 is 1.69 bits per heavy atom. The van der Waals surface area contributed by atoms with Crippen molar-refractivity contribution in [2.24, 2.45) is 23.7 Å². The lowest BCUT2D eigenvalue weighted by atomic mass is 9.49. The molecule has 2 aromatic carbocycles. The van der Waals surface area contributed by atoms with Gasteiger partial charge in [-0.2, -0.15) is 18.2 Å². The van der Waals surface area contributed by atoms with Crippen molar-refractivity contribution in [2.75, 3.05) is 12.5 Å². The summed E-state index contributed by atoms with van der Waals surface area (Å²) < 4.78 is 55.1. The van der Waals surface area contributed by atoms with E-state index in [1.54, 1.807) is 18.2 Å². The average molecular weight is 703 g/mol. The van der Waals surface area contributed by atoms with E-state index in [0.29, 0.717) is 33.4 Å². The maximum atomic E-state index is 15.1. The van der Waals surface area contributed by atoms with Crippen LogP contribution in [0.15, 0.2) is 66.4 Å². The lowest BCUT2D eigenvalue weighted by Gasteiger charge is -2.50. The van der Waals surface area contributed by atoms with Gasteiger partial charge in [0, 0.05) is 24.2 Å². The highest BCUT2D eigenvalue weighted by atomic mass is 35.5. The maximum absolute atomic E-state index is 15.1. The van der Waals surface area contributed by atoms with Crippen molar-refractivity contribution in [3.05, 3.63) is 98.9 Å². The van der Waals surface area contributed by atoms with Gasteiger partial charge in [0.2, 0.25) is 11.8 Å². The van der Waals surface area contributed by atoms with Crippen LogP contribution < -0.4 is 5.43 Å². The van der Waals surface area contributed by atoms with E-state index in [2.05, 4.69) is 10.4 Å². The predicted octanol–water partition coefficient (Wildman–Crippen LogP) is 5.87. The molecule has 3 heterocycles. The van der Waals surface area contributed by atoms with Crippen LogP contribution in [0.1, 0.15) is 35.4 Å². The van der Waals surface area contributed by atoms with Crippen LogP contribution in [-0.4, -0.2) is 50.7 Å². The van der Waals surface area contributed by atoms with Crippen molar-refractivity contribution in [3.63, 3.8) is 0 Å². The normalized spacial score (nSPS) is 28.3. The first-order valence-electron chi connectivity index (χ1n) is 14.8. The fourth-order valence-electron chi connectivity index (χ4n) is 8.02. The highest BCUT2D eigenvalue weighted by molar-refractivity contribution is 6.33. The van der Waals surface area contributed by atoms with Gasteiger partial charge in [0.1, 0.15) is 0 Å². The highest BCUT2D eigenvalue weighted by Crippen LogP contribution is 2.64. The van der Waals surface area contributed by atoms with E-state index in [1.807, 2.05) is 0 Å². The van der Waals surface area contributed by atoms with Crippen LogP contribution in [-0.2, 0) is 30.8 Å². The van der Waals surface area contributed by atoms with Crippen LogP contribution in [0.5, 0.6) is 5.75 Å². The number of nitrogens with zero attached hydrogens (tertiary/aromatic N) is 3. The van der Waals surface area contributed by atoms with E-state index in [4.69, 9.17) is 23.2 Å². The fraction of sp³-hybridized carbons (Fsp3) is 0.303. The zero-order chi connectivity index (χ0) is 34.4. The zero-order valence-electron chi connectivity index (χ0n) is 24.8. The van der Waals surface area contributed by atoms with E-state index in [1.165, 1.54) is 25.2 Å². The molecule has 7 rings (SSSR count). The van der Waals surface area contributed by atoms with E-state index in [0.717, 1.165) is 17.0 Å². The topological polar surface area (TPSA) is 120 Å². The molecule has 2 N–H and O–H groups in total. The van der Waals surface area contributed by atoms with Gasteiger partial charge >= 0.3 is 6.18 Å². The molecule has 248 valence electrons. The molecule has 9 nitrogen and oxygen atoms in total. The SMILES string of the molecule is CN1C(=O)C2CC=C3C(CC4C(=O)N(Nc5ncc(C(F)(F)F)cc5Cl)C(=O)C4(c4ccc(Cl)cc4)C3c3ccc(O)c(F)c3)C2C1=O. The Morgan fingerprint density at radius 1 is 0.979 bits per heavy atom. The van der Waals surface area contributed by atoms with Crippen LogP contribution in [0.3, 0.4) is 0 Å². The summed E-state index contributed by atoms with van der Waals surface area (Å²) in [5, 5.41) is 10.5. The van der Waals surface area contributed by atoms with E-state index in [9.17, 15) is 37.5 Å². The summed E-state index contributed by atoms with van der Waals surface area (Å²) in [6.07, 6.45) is -2.41. The number of likely N-dealkylation sites (tertiary alicyclic amines) is 1. The molecule has 2 aliphatic carbocycles. The quantitative estimate of drug-likeness (QED) is 0.198.